The molecular weight excluding hydrogens is 321 g/mol. The Labute approximate surface area is 125 Å². The molecule has 1 atom stereocenters. The fraction of sp³-hybridized carbons (Fsp3) is 0.538. The molecule has 0 amide bonds. The summed E-state index contributed by atoms with van der Waals surface area (Å²) in [5.74, 6) is -0.318. The fourth-order valence-electron chi connectivity index (χ4n) is 1.61. The second-order valence-electron chi connectivity index (χ2n) is 4.11. The highest BCUT2D eigenvalue weighted by Crippen LogP contribution is 2.63. The van der Waals surface area contributed by atoms with E-state index in [0.717, 1.165) is 0 Å². The first-order chi connectivity index (χ1) is 9.86. The van der Waals surface area contributed by atoms with Crippen molar-refractivity contribution in [3.8, 4) is 0 Å². The van der Waals surface area contributed by atoms with E-state index in [1.54, 1.807) is 30.3 Å². The number of halogens is 2. The van der Waals surface area contributed by atoms with Crippen LogP contribution in [0.1, 0.15) is 20.3 Å². The van der Waals surface area contributed by atoms with Crippen LogP contribution in [0.15, 0.2) is 35.2 Å². The quantitative estimate of drug-likeness (QED) is 0.637. The van der Waals surface area contributed by atoms with Crippen molar-refractivity contribution in [2.75, 3.05) is 19.0 Å². The van der Waals surface area contributed by atoms with E-state index in [4.69, 9.17) is 0 Å². The van der Waals surface area contributed by atoms with Crippen molar-refractivity contribution in [1.29, 1.82) is 0 Å². The summed E-state index contributed by atoms with van der Waals surface area (Å²) in [6, 6.07) is 8.29. The summed E-state index contributed by atoms with van der Waals surface area (Å²) < 4.78 is 61.5. The van der Waals surface area contributed by atoms with Crippen LogP contribution in [0.2, 0.25) is 0 Å². The predicted molar refractivity (Wildman–Crippen MR) is 78.1 cm³/mol. The Kier molecular flexibility index (Phi) is 7.13. The lowest BCUT2D eigenvalue weighted by molar-refractivity contribution is 0.0366. The highest BCUT2D eigenvalue weighted by Gasteiger charge is 2.52. The summed E-state index contributed by atoms with van der Waals surface area (Å²) >= 11 is 0. The largest absolute Gasteiger partial charge is 0.399 e. The van der Waals surface area contributed by atoms with Crippen molar-refractivity contribution in [3.63, 3.8) is 0 Å². The van der Waals surface area contributed by atoms with Crippen molar-refractivity contribution >= 4 is 18.4 Å². The van der Waals surface area contributed by atoms with E-state index in [9.17, 15) is 17.6 Å². The van der Waals surface area contributed by atoms with E-state index in [1.807, 2.05) is 0 Å². The monoisotopic (exact) mass is 340 g/mol. The van der Waals surface area contributed by atoms with Gasteiger partial charge in [-0.3, -0.25) is 8.77 Å². The lowest BCUT2D eigenvalue weighted by Gasteiger charge is -2.25. The van der Waals surface area contributed by atoms with E-state index < -0.39 is 30.5 Å². The summed E-state index contributed by atoms with van der Waals surface area (Å²) in [4.78, 5) is 0.455. The molecular formula is C13H19F2O4PS. The summed E-state index contributed by atoms with van der Waals surface area (Å²) in [5.41, 5.74) is -3.66. The molecule has 21 heavy (non-hydrogen) atoms. The molecule has 1 aromatic carbocycles. The maximum Gasteiger partial charge on any atom is 0.399 e. The molecule has 0 spiro atoms. The zero-order chi connectivity index (χ0) is 15.9. The molecule has 0 saturated heterocycles. The van der Waals surface area contributed by atoms with E-state index in [0.29, 0.717) is 4.90 Å². The molecule has 1 aromatic rings. The minimum absolute atomic E-state index is 0.144. The van der Waals surface area contributed by atoms with Gasteiger partial charge in [0, 0.05) is 17.1 Å². The Morgan fingerprint density at radius 2 is 1.67 bits per heavy atom. The molecule has 1 rings (SSSR count). The summed E-state index contributed by atoms with van der Waals surface area (Å²) in [6.07, 6.45) is -0.828. The van der Waals surface area contributed by atoms with Crippen LogP contribution < -0.4 is 0 Å². The molecule has 1 unspecified atom stereocenters. The fourth-order valence-corrected chi connectivity index (χ4v) is 4.42. The molecule has 120 valence electrons. The van der Waals surface area contributed by atoms with Crippen LogP contribution in [0, 0.1) is 0 Å². The minimum Gasteiger partial charge on any atom is -0.305 e. The van der Waals surface area contributed by atoms with Gasteiger partial charge < -0.3 is 9.05 Å². The van der Waals surface area contributed by atoms with Gasteiger partial charge in [-0.2, -0.15) is 8.78 Å². The maximum atomic E-state index is 14.1. The first-order valence-electron chi connectivity index (χ1n) is 6.56. The Balaban J connectivity index is 2.75. The van der Waals surface area contributed by atoms with Crippen LogP contribution in [0.3, 0.4) is 0 Å². The van der Waals surface area contributed by atoms with E-state index in [1.165, 1.54) is 13.8 Å². The Bertz CT molecular complexity index is 500. The molecule has 0 saturated carbocycles. The molecule has 4 nitrogen and oxygen atoms in total. The molecule has 0 aliphatic carbocycles. The average molecular weight is 340 g/mol. The van der Waals surface area contributed by atoms with Gasteiger partial charge in [0.25, 0.3) is 0 Å². The molecule has 0 N–H and O–H groups in total. The summed E-state index contributed by atoms with van der Waals surface area (Å²) in [7, 11) is -6.12. The zero-order valence-electron chi connectivity index (χ0n) is 12.0. The van der Waals surface area contributed by atoms with E-state index in [2.05, 4.69) is 9.05 Å². The molecule has 0 aliphatic rings. The van der Waals surface area contributed by atoms with Gasteiger partial charge >= 0.3 is 13.3 Å². The first-order valence-corrected chi connectivity index (χ1v) is 9.43. The number of benzene rings is 1. The van der Waals surface area contributed by atoms with Crippen molar-refractivity contribution < 1.29 is 26.6 Å². The van der Waals surface area contributed by atoms with Gasteiger partial charge in [-0.15, -0.1) is 0 Å². The summed E-state index contributed by atoms with van der Waals surface area (Å²) in [6.45, 7) is 2.64. The van der Waals surface area contributed by atoms with Crippen molar-refractivity contribution in [3.05, 3.63) is 30.3 Å². The zero-order valence-corrected chi connectivity index (χ0v) is 13.7. The molecule has 0 heterocycles. The average Bonchev–Trinajstić information content (AvgIpc) is 2.46. The summed E-state index contributed by atoms with van der Waals surface area (Å²) in [5, 5.41) is 0. The van der Waals surface area contributed by atoms with Gasteiger partial charge in [-0.25, -0.2) is 0 Å². The van der Waals surface area contributed by atoms with Crippen LogP contribution in [0.5, 0.6) is 0 Å². The number of alkyl halides is 2. The van der Waals surface area contributed by atoms with Gasteiger partial charge in [0.1, 0.15) is 0 Å². The maximum absolute atomic E-state index is 14.1. The van der Waals surface area contributed by atoms with E-state index >= 15 is 0 Å². The molecule has 0 fully saturated rings. The standard InChI is InChI=1S/C13H19F2O4PS/c1-3-18-20(16,19-4-2)13(14,15)10-11-21(17)12-8-6-5-7-9-12/h5-9H,3-4,10-11H2,1-2H3. The number of hydrogen-bond acceptors (Lipinski definition) is 4. The van der Waals surface area contributed by atoms with Crippen LogP contribution in [0.25, 0.3) is 0 Å². The van der Waals surface area contributed by atoms with E-state index in [-0.39, 0.29) is 19.0 Å². The third-order valence-corrected chi connectivity index (χ3v) is 6.19. The number of rotatable bonds is 9. The smallest absolute Gasteiger partial charge is 0.305 e. The Hall–Kier alpha value is -0.620. The second-order valence-corrected chi connectivity index (χ2v) is 7.85. The molecule has 8 heteroatoms. The highest BCUT2D eigenvalue weighted by molar-refractivity contribution is 7.85. The van der Waals surface area contributed by atoms with Crippen molar-refractivity contribution in [2.45, 2.75) is 30.8 Å². The van der Waals surface area contributed by atoms with Crippen LogP contribution >= 0.6 is 7.60 Å². The Morgan fingerprint density at radius 3 is 2.14 bits per heavy atom. The lowest BCUT2D eigenvalue weighted by Crippen LogP contribution is -2.23. The van der Waals surface area contributed by atoms with Gasteiger partial charge in [0.2, 0.25) is 0 Å². The van der Waals surface area contributed by atoms with Crippen LogP contribution in [0.4, 0.5) is 8.78 Å². The first kappa shape index (κ1) is 18.4. The Morgan fingerprint density at radius 1 is 1.14 bits per heavy atom. The molecule has 0 aliphatic heterocycles. The van der Waals surface area contributed by atoms with Crippen LogP contribution in [-0.2, 0) is 24.4 Å². The molecule has 0 aromatic heterocycles. The molecule has 0 bridgehead atoms. The van der Waals surface area contributed by atoms with Crippen LogP contribution in [-0.4, -0.2) is 28.8 Å². The molecule has 0 radical (unpaired) electrons. The topological polar surface area (TPSA) is 52.6 Å². The van der Waals surface area contributed by atoms with Crippen molar-refractivity contribution in [1.82, 2.24) is 0 Å². The van der Waals surface area contributed by atoms with Gasteiger partial charge in [-0.1, -0.05) is 18.2 Å². The minimum atomic E-state index is -4.54. The van der Waals surface area contributed by atoms with Gasteiger partial charge in [-0.05, 0) is 26.0 Å². The third-order valence-electron chi connectivity index (χ3n) is 2.59. The second kappa shape index (κ2) is 8.13. The highest BCUT2D eigenvalue weighted by atomic mass is 32.2. The normalized spacial score (nSPS) is 14.1. The van der Waals surface area contributed by atoms with Gasteiger partial charge in [0.05, 0.1) is 24.0 Å². The van der Waals surface area contributed by atoms with Crippen molar-refractivity contribution in [2.24, 2.45) is 0 Å². The SMILES string of the molecule is CCOP(=O)(OCC)C(F)(F)CCS(=O)c1ccccc1. The lowest BCUT2D eigenvalue weighted by atomic mass is 10.4. The predicted octanol–water partition coefficient (Wildman–Crippen LogP) is 4.04. The number of hydrogen-bond donors (Lipinski definition) is 0. The third kappa shape index (κ3) is 4.95. The van der Waals surface area contributed by atoms with Gasteiger partial charge in [0.15, 0.2) is 0 Å².